The van der Waals surface area contributed by atoms with Gasteiger partial charge in [-0.1, -0.05) is 0 Å². The SMILES string of the molecule is FC1(F)CCN(Cc2cncc(-c3cc4c(-c5nc6nccc(N7CCCCC7)c6[nH]5)n[nH]c4cn3)c2)C1. The van der Waals surface area contributed by atoms with E-state index in [2.05, 4.69) is 35.0 Å². The third-order valence-electron chi connectivity index (χ3n) is 7.48. The number of rotatable bonds is 5. The maximum atomic E-state index is 13.6. The smallest absolute Gasteiger partial charge is 0.261 e. The topological polar surface area (TPSA) is 103 Å². The van der Waals surface area contributed by atoms with Crippen molar-refractivity contribution in [1.82, 2.24) is 40.0 Å². The number of aromatic amines is 2. The summed E-state index contributed by atoms with van der Waals surface area (Å²) >= 11 is 0. The van der Waals surface area contributed by atoms with Crippen molar-refractivity contribution in [1.29, 1.82) is 0 Å². The number of nitrogens with one attached hydrogen (secondary N) is 2. The Morgan fingerprint density at radius 3 is 2.74 bits per heavy atom. The number of pyridine rings is 3. The molecule has 0 aromatic carbocycles. The molecule has 7 heterocycles. The number of likely N-dealkylation sites (tertiary alicyclic amines) is 1. The molecule has 2 aliphatic heterocycles. The fraction of sp³-hybridized carbons (Fsp3) is 0.370. The molecule has 2 saturated heterocycles. The van der Waals surface area contributed by atoms with E-state index in [0.29, 0.717) is 30.3 Å². The van der Waals surface area contributed by atoms with E-state index >= 15 is 0 Å². The molecule has 7 rings (SSSR count). The molecule has 0 saturated carbocycles. The summed E-state index contributed by atoms with van der Waals surface area (Å²) in [5.74, 6) is -1.97. The second-order valence-electron chi connectivity index (χ2n) is 10.2. The number of H-pyrrole nitrogens is 2. The third-order valence-corrected chi connectivity index (χ3v) is 7.48. The molecule has 0 atom stereocenters. The molecule has 0 aliphatic carbocycles. The molecule has 5 aromatic heterocycles. The van der Waals surface area contributed by atoms with E-state index in [-0.39, 0.29) is 13.0 Å². The Hall–Kier alpha value is -3.99. The van der Waals surface area contributed by atoms with Gasteiger partial charge < -0.3 is 9.88 Å². The summed E-state index contributed by atoms with van der Waals surface area (Å²) in [7, 11) is 0. The van der Waals surface area contributed by atoms with E-state index in [1.165, 1.54) is 19.3 Å². The maximum absolute atomic E-state index is 13.6. The lowest BCUT2D eigenvalue weighted by Crippen LogP contribution is -2.29. The average molecular weight is 516 g/mol. The first-order valence-electron chi connectivity index (χ1n) is 13.0. The fourth-order valence-corrected chi connectivity index (χ4v) is 5.58. The second kappa shape index (κ2) is 9.09. The van der Waals surface area contributed by atoms with Crippen LogP contribution in [0.5, 0.6) is 0 Å². The molecule has 38 heavy (non-hydrogen) atoms. The summed E-state index contributed by atoms with van der Waals surface area (Å²) in [5.41, 5.74) is 6.60. The van der Waals surface area contributed by atoms with E-state index in [4.69, 9.17) is 4.98 Å². The lowest BCUT2D eigenvalue weighted by atomic mass is 10.1. The van der Waals surface area contributed by atoms with Gasteiger partial charge in [-0.2, -0.15) is 5.10 Å². The van der Waals surface area contributed by atoms with Crippen molar-refractivity contribution in [3.63, 3.8) is 0 Å². The quantitative estimate of drug-likeness (QED) is 0.347. The van der Waals surface area contributed by atoms with Crippen LogP contribution in [0.2, 0.25) is 0 Å². The molecule has 0 amide bonds. The summed E-state index contributed by atoms with van der Waals surface area (Å²) in [5, 5.41) is 8.48. The number of alkyl halides is 2. The van der Waals surface area contributed by atoms with Crippen LogP contribution in [0.15, 0.2) is 43.0 Å². The minimum Gasteiger partial charge on any atom is -0.370 e. The Balaban J connectivity index is 1.22. The number of hydrogen-bond donors (Lipinski definition) is 2. The number of aromatic nitrogens is 7. The standard InChI is InChI=1S/C27H27F2N9/c28-27(29)5-9-37(16-27)15-17-10-18(13-30-12-17)20-11-19-21(14-32-20)35-36-23(19)26-33-24-22(4-6-31-25(24)34-26)38-7-2-1-3-8-38/h4,6,10-14H,1-3,5,7-9,15-16H2,(H,35,36)(H,31,33,34). The largest absolute Gasteiger partial charge is 0.370 e. The van der Waals surface area contributed by atoms with Crippen LogP contribution in [0.25, 0.3) is 44.8 Å². The molecule has 2 fully saturated rings. The highest BCUT2D eigenvalue weighted by Crippen LogP contribution is 2.33. The Morgan fingerprint density at radius 1 is 1.00 bits per heavy atom. The van der Waals surface area contributed by atoms with Crippen LogP contribution in [-0.4, -0.2) is 72.1 Å². The number of hydrogen-bond acceptors (Lipinski definition) is 7. The van der Waals surface area contributed by atoms with E-state index in [1.54, 1.807) is 23.5 Å². The van der Waals surface area contributed by atoms with Crippen LogP contribution in [0, 0.1) is 0 Å². The summed E-state index contributed by atoms with van der Waals surface area (Å²) in [6.45, 7) is 2.65. The number of piperidine rings is 1. The van der Waals surface area contributed by atoms with Crippen molar-refractivity contribution in [3.05, 3.63) is 48.5 Å². The summed E-state index contributed by atoms with van der Waals surface area (Å²) in [6.07, 6.45) is 10.6. The highest BCUT2D eigenvalue weighted by molar-refractivity contribution is 5.95. The predicted octanol–water partition coefficient (Wildman–Crippen LogP) is 4.79. The fourth-order valence-electron chi connectivity index (χ4n) is 5.58. The van der Waals surface area contributed by atoms with Crippen molar-refractivity contribution < 1.29 is 8.78 Å². The molecule has 0 spiro atoms. The van der Waals surface area contributed by atoms with Gasteiger partial charge in [-0.15, -0.1) is 0 Å². The Kier molecular flexibility index (Phi) is 5.54. The number of halogens is 2. The molecule has 11 heteroatoms. The summed E-state index contributed by atoms with van der Waals surface area (Å²) in [6, 6.07) is 5.97. The van der Waals surface area contributed by atoms with E-state index < -0.39 is 5.92 Å². The number of nitrogens with zero attached hydrogens (tertiary/aromatic N) is 7. The molecular formula is C27H27F2N9. The van der Waals surface area contributed by atoms with Gasteiger partial charge in [0.05, 0.1) is 29.6 Å². The molecule has 5 aromatic rings. The van der Waals surface area contributed by atoms with Crippen LogP contribution in [0.3, 0.4) is 0 Å². The van der Waals surface area contributed by atoms with Gasteiger partial charge in [-0.3, -0.25) is 20.0 Å². The zero-order valence-corrected chi connectivity index (χ0v) is 20.8. The van der Waals surface area contributed by atoms with Gasteiger partial charge in [-0.25, -0.2) is 18.7 Å². The van der Waals surface area contributed by atoms with Crippen molar-refractivity contribution in [2.45, 2.75) is 38.2 Å². The van der Waals surface area contributed by atoms with Crippen LogP contribution in [-0.2, 0) is 6.54 Å². The lowest BCUT2D eigenvalue weighted by molar-refractivity contribution is 0.0115. The first kappa shape index (κ1) is 23.2. The Bertz CT molecular complexity index is 1620. The van der Waals surface area contributed by atoms with E-state index in [0.717, 1.165) is 52.0 Å². The monoisotopic (exact) mass is 515 g/mol. The Morgan fingerprint density at radius 2 is 1.89 bits per heavy atom. The van der Waals surface area contributed by atoms with Gasteiger partial charge >= 0.3 is 0 Å². The normalized spacial score (nSPS) is 18.1. The average Bonchev–Trinajstić information content (AvgIpc) is 3.64. The van der Waals surface area contributed by atoms with Gasteiger partial charge in [0.2, 0.25) is 0 Å². The van der Waals surface area contributed by atoms with Crippen LogP contribution in [0.4, 0.5) is 14.5 Å². The van der Waals surface area contributed by atoms with Gasteiger partial charge in [0.15, 0.2) is 11.5 Å². The summed E-state index contributed by atoms with van der Waals surface area (Å²) in [4.78, 5) is 25.9. The van der Waals surface area contributed by atoms with Crippen LogP contribution >= 0.6 is 0 Å². The lowest BCUT2D eigenvalue weighted by Gasteiger charge is -2.28. The van der Waals surface area contributed by atoms with E-state index in [1.807, 2.05) is 24.4 Å². The van der Waals surface area contributed by atoms with Crippen molar-refractivity contribution in [2.24, 2.45) is 0 Å². The van der Waals surface area contributed by atoms with Gasteiger partial charge in [-0.05, 0) is 43.0 Å². The summed E-state index contributed by atoms with van der Waals surface area (Å²) < 4.78 is 27.3. The van der Waals surface area contributed by atoms with Crippen molar-refractivity contribution in [3.8, 4) is 22.8 Å². The van der Waals surface area contributed by atoms with Gasteiger partial charge in [0.25, 0.3) is 5.92 Å². The first-order valence-corrected chi connectivity index (χ1v) is 13.0. The van der Waals surface area contributed by atoms with Crippen molar-refractivity contribution in [2.75, 3.05) is 31.1 Å². The molecule has 0 bridgehead atoms. The van der Waals surface area contributed by atoms with Crippen LogP contribution < -0.4 is 4.90 Å². The second-order valence-corrected chi connectivity index (χ2v) is 10.2. The van der Waals surface area contributed by atoms with E-state index in [9.17, 15) is 8.78 Å². The van der Waals surface area contributed by atoms with Crippen LogP contribution in [0.1, 0.15) is 31.2 Å². The molecule has 2 N–H and O–H groups in total. The maximum Gasteiger partial charge on any atom is 0.261 e. The van der Waals surface area contributed by atoms with Gasteiger partial charge in [0.1, 0.15) is 11.2 Å². The molecule has 194 valence electrons. The molecule has 2 aliphatic rings. The molecular weight excluding hydrogens is 488 g/mol. The minimum atomic E-state index is -2.62. The predicted molar refractivity (Wildman–Crippen MR) is 141 cm³/mol. The first-order chi connectivity index (χ1) is 18.5. The number of fused-ring (bicyclic) bond motifs is 2. The molecule has 0 unspecified atom stereocenters. The minimum absolute atomic E-state index is 0.0988. The molecule has 0 radical (unpaired) electrons. The van der Waals surface area contributed by atoms with Crippen molar-refractivity contribution >= 4 is 27.8 Å². The number of imidazole rings is 1. The number of anilines is 1. The molecule has 9 nitrogen and oxygen atoms in total. The zero-order chi connectivity index (χ0) is 25.7. The Labute approximate surface area is 217 Å². The van der Waals surface area contributed by atoms with Gasteiger partial charge in [0, 0.05) is 62.1 Å². The zero-order valence-electron chi connectivity index (χ0n) is 20.8. The third kappa shape index (κ3) is 4.26. The highest BCUT2D eigenvalue weighted by atomic mass is 19.3. The highest BCUT2D eigenvalue weighted by Gasteiger charge is 2.37.